The highest BCUT2D eigenvalue weighted by atomic mass is 16.2. The first-order valence-corrected chi connectivity index (χ1v) is 11.3. The van der Waals surface area contributed by atoms with Crippen LogP contribution >= 0.6 is 0 Å². The lowest BCUT2D eigenvalue weighted by Crippen LogP contribution is -2.48. The van der Waals surface area contributed by atoms with Crippen LogP contribution in [0.5, 0.6) is 0 Å². The van der Waals surface area contributed by atoms with Gasteiger partial charge in [0.15, 0.2) is 0 Å². The number of piperidine rings is 1. The molecule has 1 atom stereocenters. The second-order valence-corrected chi connectivity index (χ2v) is 9.55. The molecule has 29 heavy (non-hydrogen) atoms. The van der Waals surface area contributed by atoms with Crippen LogP contribution in [0, 0.1) is 0 Å². The van der Waals surface area contributed by atoms with Gasteiger partial charge >= 0.3 is 0 Å². The van der Waals surface area contributed by atoms with E-state index >= 15 is 0 Å². The third-order valence-electron chi connectivity index (χ3n) is 7.56. The van der Waals surface area contributed by atoms with E-state index in [0.29, 0.717) is 18.5 Å². The summed E-state index contributed by atoms with van der Waals surface area (Å²) in [6, 6.07) is 8.95. The fourth-order valence-corrected chi connectivity index (χ4v) is 5.43. The molecule has 3 aliphatic rings. The first-order valence-electron chi connectivity index (χ1n) is 11.3. The molecule has 1 aromatic carbocycles. The highest BCUT2D eigenvalue weighted by molar-refractivity contribution is 5.86. The lowest BCUT2D eigenvalue weighted by atomic mass is 9.73. The molecule has 1 unspecified atom stereocenters. The van der Waals surface area contributed by atoms with E-state index in [1.807, 2.05) is 11.9 Å². The summed E-state index contributed by atoms with van der Waals surface area (Å²) in [6.07, 6.45) is 5.10. The molecular formula is C24H35N3O2. The van der Waals surface area contributed by atoms with Gasteiger partial charge in [0.1, 0.15) is 0 Å². The number of benzene rings is 1. The highest BCUT2D eigenvalue weighted by Gasteiger charge is 2.48. The van der Waals surface area contributed by atoms with Gasteiger partial charge in [-0.3, -0.25) is 14.5 Å². The number of rotatable bonds is 4. The maximum atomic E-state index is 13.2. The predicted octanol–water partition coefficient (Wildman–Crippen LogP) is 3.00. The summed E-state index contributed by atoms with van der Waals surface area (Å²) in [4.78, 5) is 32.2. The normalized spacial score (nSPS) is 23.3. The molecule has 0 N–H and O–H groups in total. The van der Waals surface area contributed by atoms with Crippen LogP contribution in [0.25, 0.3) is 0 Å². The van der Waals surface area contributed by atoms with Crippen molar-refractivity contribution < 1.29 is 9.59 Å². The van der Waals surface area contributed by atoms with Crippen molar-refractivity contribution in [1.29, 1.82) is 0 Å². The molecule has 1 aliphatic carbocycles. The smallest absolute Gasteiger partial charge is 0.236 e. The monoisotopic (exact) mass is 397 g/mol. The number of hydrogen-bond donors (Lipinski definition) is 0. The Morgan fingerprint density at radius 1 is 1.07 bits per heavy atom. The number of likely N-dealkylation sites (tertiary alicyclic amines) is 2. The van der Waals surface area contributed by atoms with Crippen molar-refractivity contribution in [2.45, 2.75) is 63.3 Å². The van der Waals surface area contributed by atoms with Crippen LogP contribution in [0.1, 0.15) is 63.0 Å². The van der Waals surface area contributed by atoms with E-state index in [2.05, 4.69) is 47.9 Å². The Labute approximate surface area is 175 Å². The Kier molecular flexibility index (Phi) is 5.69. The van der Waals surface area contributed by atoms with Gasteiger partial charge < -0.3 is 9.80 Å². The van der Waals surface area contributed by atoms with Crippen molar-refractivity contribution >= 4 is 11.8 Å². The van der Waals surface area contributed by atoms with Gasteiger partial charge in [-0.15, -0.1) is 0 Å². The minimum absolute atomic E-state index is 0.00127. The minimum Gasteiger partial charge on any atom is -0.342 e. The fraction of sp³-hybridized carbons (Fsp3) is 0.667. The highest BCUT2D eigenvalue weighted by Crippen LogP contribution is 2.52. The number of amides is 2. The molecule has 2 saturated heterocycles. The van der Waals surface area contributed by atoms with Crippen LogP contribution < -0.4 is 0 Å². The lowest BCUT2D eigenvalue weighted by Gasteiger charge is -2.41. The van der Waals surface area contributed by atoms with Gasteiger partial charge in [0, 0.05) is 37.6 Å². The van der Waals surface area contributed by atoms with Crippen LogP contribution in [-0.2, 0) is 15.0 Å². The van der Waals surface area contributed by atoms with Gasteiger partial charge in [-0.05, 0) is 64.1 Å². The van der Waals surface area contributed by atoms with Crippen LogP contribution in [0.3, 0.4) is 0 Å². The molecule has 5 nitrogen and oxygen atoms in total. The third-order valence-corrected chi connectivity index (χ3v) is 7.56. The molecule has 5 heteroatoms. The molecule has 2 aliphatic heterocycles. The third kappa shape index (κ3) is 3.81. The van der Waals surface area contributed by atoms with Gasteiger partial charge in [-0.25, -0.2) is 0 Å². The van der Waals surface area contributed by atoms with E-state index in [-0.39, 0.29) is 17.2 Å². The largest absolute Gasteiger partial charge is 0.342 e. The first kappa shape index (κ1) is 20.4. The number of nitrogens with zero attached hydrogens (tertiary/aromatic N) is 3. The van der Waals surface area contributed by atoms with Crippen LogP contribution in [0.4, 0.5) is 0 Å². The van der Waals surface area contributed by atoms with E-state index in [9.17, 15) is 9.59 Å². The summed E-state index contributed by atoms with van der Waals surface area (Å²) in [5.41, 5.74) is 2.66. The molecule has 158 valence electrons. The van der Waals surface area contributed by atoms with Crippen molar-refractivity contribution in [3.05, 3.63) is 35.4 Å². The van der Waals surface area contributed by atoms with Crippen LogP contribution in [0.15, 0.2) is 24.3 Å². The molecule has 0 bridgehead atoms. The quantitative estimate of drug-likeness (QED) is 0.785. The Balaban J connectivity index is 1.48. The van der Waals surface area contributed by atoms with Crippen molar-refractivity contribution in [2.75, 3.05) is 39.8 Å². The summed E-state index contributed by atoms with van der Waals surface area (Å²) >= 11 is 0. The Morgan fingerprint density at radius 3 is 2.38 bits per heavy atom. The molecule has 0 radical (unpaired) electrons. The summed E-state index contributed by atoms with van der Waals surface area (Å²) in [5.74, 6) is 0.551. The summed E-state index contributed by atoms with van der Waals surface area (Å²) in [7, 11) is 2.01. The molecule has 2 heterocycles. The first-order chi connectivity index (χ1) is 13.9. The second kappa shape index (κ2) is 8.10. The zero-order valence-electron chi connectivity index (χ0n) is 18.2. The van der Waals surface area contributed by atoms with Gasteiger partial charge in [0.05, 0.1) is 12.5 Å². The molecular weight excluding hydrogens is 362 g/mol. The zero-order chi connectivity index (χ0) is 20.6. The number of hydrogen-bond acceptors (Lipinski definition) is 3. The second-order valence-electron chi connectivity index (χ2n) is 9.55. The van der Waals surface area contributed by atoms with E-state index in [4.69, 9.17) is 0 Å². The predicted molar refractivity (Wildman–Crippen MR) is 115 cm³/mol. The topological polar surface area (TPSA) is 43.9 Å². The zero-order valence-corrected chi connectivity index (χ0v) is 18.2. The lowest BCUT2D eigenvalue weighted by molar-refractivity contribution is -0.135. The average molecular weight is 398 g/mol. The molecule has 1 aromatic rings. The number of likely N-dealkylation sites (N-methyl/N-ethyl adjacent to an activating group) is 1. The average Bonchev–Trinajstić information content (AvgIpc) is 3.36. The number of carbonyl (C=O) groups excluding carboxylic acids is 2. The molecule has 0 saturated carbocycles. The standard InChI is InChI=1S/C24H35N3O2/c1-18(2)25(3)17-22(28)26-14-10-24(11-15-26)16-20(19-8-4-5-9-21(19)24)23(29)27-12-6-7-13-27/h4-5,8-9,18,20H,6-7,10-17H2,1-3H3. The molecule has 2 fully saturated rings. The van der Waals surface area contributed by atoms with Crippen molar-refractivity contribution in [1.82, 2.24) is 14.7 Å². The molecule has 4 rings (SSSR count). The Bertz CT molecular complexity index is 761. The van der Waals surface area contributed by atoms with Crippen LogP contribution in [0.2, 0.25) is 0 Å². The Morgan fingerprint density at radius 2 is 1.72 bits per heavy atom. The number of fused-ring (bicyclic) bond motifs is 2. The molecule has 2 amide bonds. The maximum absolute atomic E-state index is 13.2. The summed E-state index contributed by atoms with van der Waals surface area (Å²) in [5, 5.41) is 0. The summed E-state index contributed by atoms with van der Waals surface area (Å²) in [6.45, 7) is 8.13. The summed E-state index contributed by atoms with van der Waals surface area (Å²) < 4.78 is 0. The maximum Gasteiger partial charge on any atom is 0.236 e. The minimum atomic E-state index is -0.00127. The Hall–Kier alpha value is -1.88. The van der Waals surface area contributed by atoms with E-state index in [0.717, 1.165) is 58.3 Å². The van der Waals surface area contributed by atoms with Gasteiger partial charge in [-0.2, -0.15) is 0 Å². The van der Waals surface area contributed by atoms with E-state index in [1.165, 1.54) is 11.1 Å². The van der Waals surface area contributed by atoms with E-state index in [1.54, 1.807) is 0 Å². The van der Waals surface area contributed by atoms with Gasteiger partial charge in [0.25, 0.3) is 0 Å². The van der Waals surface area contributed by atoms with Gasteiger partial charge in [-0.1, -0.05) is 24.3 Å². The van der Waals surface area contributed by atoms with E-state index < -0.39 is 0 Å². The molecule has 1 spiro atoms. The number of carbonyl (C=O) groups is 2. The van der Waals surface area contributed by atoms with Crippen molar-refractivity contribution in [2.24, 2.45) is 0 Å². The van der Waals surface area contributed by atoms with Gasteiger partial charge in [0.2, 0.25) is 11.8 Å². The molecule has 0 aromatic heterocycles. The fourth-order valence-electron chi connectivity index (χ4n) is 5.43. The van der Waals surface area contributed by atoms with Crippen LogP contribution in [-0.4, -0.2) is 72.3 Å². The SMILES string of the molecule is CC(C)N(C)CC(=O)N1CCC2(CC1)CC(C(=O)N1CCCC1)c1ccccc12. The van der Waals surface area contributed by atoms with Crippen molar-refractivity contribution in [3.8, 4) is 0 Å². The van der Waals surface area contributed by atoms with Crippen molar-refractivity contribution in [3.63, 3.8) is 0 Å².